The first-order valence-electron chi connectivity index (χ1n) is 5.94. The summed E-state index contributed by atoms with van der Waals surface area (Å²) in [5.41, 5.74) is 2.54. The number of rotatable bonds is 4. The van der Waals surface area contributed by atoms with Crippen molar-refractivity contribution in [1.82, 2.24) is 0 Å². The number of hydrogen-bond donors (Lipinski definition) is 0. The van der Waals surface area contributed by atoms with Crippen molar-refractivity contribution in [3.8, 4) is 0 Å². The summed E-state index contributed by atoms with van der Waals surface area (Å²) < 4.78 is 0.845. The molecule has 0 N–H and O–H groups in total. The Morgan fingerprint density at radius 3 is 2.67 bits per heavy atom. The maximum Gasteiger partial charge on any atom is 0.160 e. The van der Waals surface area contributed by atoms with Gasteiger partial charge in [-0.25, -0.2) is 0 Å². The van der Waals surface area contributed by atoms with Gasteiger partial charge in [0.05, 0.1) is 0 Å². The fraction of sp³-hybridized carbons (Fsp3) is 0.615. The van der Waals surface area contributed by atoms with Gasteiger partial charge in [-0.2, -0.15) is 4.59 Å². The Morgan fingerprint density at radius 1 is 1.53 bits per heavy atom. The van der Waals surface area contributed by atoms with Crippen LogP contribution in [0.2, 0.25) is 0 Å². The van der Waals surface area contributed by atoms with Crippen LogP contribution in [0.15, 0.2) is 29.5 Å². The van der Waals surface area contributed by atoms with E-state index in [0.717, 1.165) is 16.2 Å². The van der Waals surface area contributed by atoms with Gasteiger partial charge in [-0.05, 0) is 17.9 Å². The van der Waals surface area contributed by atoms with Crippen LogP contribution in [0.5, 0.6) is 0 Å². The number of hydrogen-bond acceptors (Lipinski definition) is 1. The molecule has 2 atom stereocenters. The van der Waals surface area contributed by atoms with Gasteiger partial charge in [0.1, 0.15) is 11.9 Å². The van der Waals surface area contributed by atoms with Crippen molar-refractivity contribution >= 4 is 5.71 Å². The second kappa shape index (κ2) is 3.60. The molecule has 2 heteroatoms. The maximum absolute atomic E-state index is 4.71. The van der Waals surface area contributed by atoms with Gasteiger partial charge in [0, 0.05) is 5.57 Å². The van der Waals surface area contributed by atoms with Crippen molar-refractivity contribution in [2.24, 2.45) is 16.9 Å². The van der Waals surface area contributed by atoms with Crippen LogP contribution in [0.25, 0.3) is 0 Å². The Hall–Kier alpha value is -0.890. The van der Waals surface area contributed by atoms with Crippen LogP contribution in [0.1, 0.15) is 27.2 Å². The van der Waals surface area contributed by atoms with Crippen LogP contribution in [-0.4, -0.2) is 23.4 Å². The van der Waals surface area contributed by atoms with E-state index in [-0.39, 0.29) is 0 Å². The summed E-state index contributed by atoms with van der Waals surface area (Å²) in [6.07, 6.45) is 5.48. The van der Waals surface area contributed by atoms with Crippen LogP contribution in [0, 0.1) is 11.8 Å². The molecule has 15 heavy (non-hydrogen) atoms. The van der Waals surface area contributed by atoms with Crippen molar-refractivity contribution in [1.29, 1.82) is 0 Å². The first kappa shape index (κ1) is 10.6. The van der Waals surface area contributed by atoms with E-state index in [9.17, 15) is 0 Å². The Bertz CT molecular complexity index is 334. The van der Waals surface area contributed by atoms with E-state index in [1.54, 1.807) is 0 Å². The van der Waals surface area contributed by atoms with Gasteiger partial charge in [-0.1, -0.05) is 38.9 Å². The van der Waals surface area contributed by atoms with Gasteiger partial charge >= 0.3 is 0 Å². The van der Waals surface area contributed by atoms with E-state index < -0.39 is 0 Å². The molecule has 82 valence electrons. The predicted molar refractivity (Wildman–Crippen MR) is 64.3 cm³/mol. The minimum Gasteiger partial charge on any atom is -0.161 e. The highest BCUT2D eigenvalue weighted by Crippen LogP contribution is 2.36. The Morgan fingerprint density at radius 2 is 2.20 bits per heavy atom. The zero-order valence-electron chi connectivity index (χ0n) is 10.0. The molecule has 1 spiro atoms. The van der Waals surface area contributed by atoms with Gasteiger partial charge in [0.15, 0.2) is 13.1 Å². The Labute approximate surface area is 92.6 Å². The van der Waals surface area contributed by atoms with Crippen molar-refractivity contribution in [3.05, 3.63) is 24.4 Å². The van der Waals surface area contributed by atoms with Crippen molar-refractivity contribution in [2.75, 3.05) is 13.1 Å². The highest BCUT2D eigenvalue weighted by molar-refractivity contribution is 6.08. The molecule has 0 radical (unpaired) electrons. The molecule has 0 aliphatic carbocycles. The highest BCUT2D eigenvalue weighted by atomic mass is 15.7. The third-order valence-corrected chi connectivity index (χ3v) is 3.85. The number of allylic oxidation sites excluding steroid dienone is 2. The van der Waals surface area contributed by atoms with E-state index in [1.165, 1.54) is 25.1 Å². The van der Waals surface area contributed by atoms with E-state index in [4.69, 9.17) is 5.10 Å². The molecule has 2 rings (SSSR count). The zero-order chi connectivity index (χ0) is 11.1. The van der Waals surface area contributed by atoms with Gasteiger partial charge in [-0.15, -0.1) is 0 Å². The first-order chi connectivity index (χ1) is 7.12. The fourth-order valence-corrected chi connectivity index (χ4v) is 2.13. The molecule has 2 unspecified atom stereocenters. The van der Waals surface area contributed by atoms with Crippen LogP contribution in [0.4, 0.5) is 0 Å². The summed E-state index contributed by atoms with van der Waals surface area (Å²) in [5, 5.41) is 4.71. The van der Waals surface area contributed by atoms with Crippen LogP contribution < -0.4 is 0 Å². The van der Waals surface area contributed by atoms with Gasteiger partial charge < -0.3 is 0 Å². The minimum absolute atomic E-state index is 0.602. The lowest BCUT2D eigenvalue weighted by Crippen LogP contribution is -2.14. The smallest absolute Gasteiger partial charge is 0.160 e. The molecule has 0 saturated carbocycles. The van der Waals surface area contributed by atoms with Crippen LogP contribution >= 0.6 is 0 Å². The second-order valence-corrected chi connectivity index (χ2v) is 4.88. The highest BCUT2D eigenvalue weighted by Gasteiger charge is 2.47. The molecule has 2 aliphatic rings. The van der Waals surface area contributed by atoms with E-state index in [2.05, 4.69) is 33.6 Å². The van der Waals surface area contributed by atoms with E-state index in [1.807, 2.05) is 6.08 Å². The summed E-state index contributed by atoms with van der Waals surface area (Å²) in [5.74, 6) is 1.32. The largest absolute Gasteiger partial charge is 0.161 e. The predicted octanol–water partition coefficient (Wildman–Crippen LogP) is 2.94. The quantitative estimate of drug-likeness (QED) is 0.494. The maximum atomic E-state index is 4.71. The summed E-state index contributed by atoms with van der Waals surface area (Å²) >= 11 is 0. The molecule has 1 saturated heterocycles. The Balaban J connectivity index is 2.22. The summed E-state index contributed by atoms with van der Waals surface area (Å²) in [6, 6.07) is 0. The van der Waals surface area contributed by atoms with Crippen LogP contribution in [0.3, 0.4) is 0 Å². The first-order valence-corrected chi connectivity index (χ1v) is 5.94. The molecule has 0 aromatic heterocycles. The standard InChI is InChI=1S/C13H21N2/c1-5-10(3)11(4)12-9-15(7-8-15)14-13(12)6-2/h6,9-11H,2,5,7-8H2,1,3-4H3/q+1. The second-order valence-electron chi connectivity index (χ2n) is 4.88. The number of nitrogens with zero attached hydrogens (tertiary/aromatic N) is 2. The van der Waals surface area contributed by atoms with Gasteiger partial charge in [-0.3, -0.25) is 0 Å². The topological polar surface area (TPSA) is 12.4 Å². The Kier molecular flexibility index (Phi) is 2.55. The van der Waals surface area contributed by atoms with Crippen molar-refractivity contribution in [2.45, 2.75) is 27.2 Å². The molecular weight excluding hydrogens is 184 g/mol. The molecule has 0 aromatic rings. The molecule has 0 aromatic carbocycles. The zero-order valence-corrected chi connectivity index (χ0v) is 10.0. The SMILES string of the molecule is C=CC1=N[N+]2(C=C1C(C)C(C)CC)CC2. The lowest BCUT2D eigenvalue weighted by molar-refractivity contribution is -0.747. The van der Waals surface area contributed by atoms with Gasteiger partial charge in [0.25, 0.3) is 0 Å². The van der Waals surface area contributed by atoms with Crippen LogP contribution in [-0.2, 0) is 0 Å². The van der Waals surface area contributed by atoms with E-state index >= 15 is 0 Å². The lowest BCUT2D eigenvalue weighted by atomic mass is 9.85. The van der Waals surface area contributed by atoms with Gasteiger partial charge in [0.2, 0.25) is 0 Å². The average Bonchev–Trinajstić information content (AvgIpc) is 2.89. The average molecular weight is 205 g/mol. The molecule has 1 fully saturated rings. The fourth-order valence-electron chi connectivity index (χ4n) is 2.13. The van der Waals surface area contributed by atoms with Crippen molar-refractivity contribution < 1.29 is 4.59 Å². The number of quaternary nitrogens is 1. The lowest BCUT2D eigenvalue weighted by Gasteiger charge is -2.17. The van der Waals surface area contributed by atoms with E-state index in [0.29, 0.717) is 5.92 Å². The molecule has 2 aliphatic heterocycles. The molecule has 2 nitrogen and oxygen atoms in total. The third kappa shape index (κ3) is 1.78. The minimum atomic E-state index is 0.602. The molecule has 2 heterocycles. The summed E-state index contributed by atoms with van der Waals surface area (Å²) in [6.45, 7) is 13.1. The summed E-state index contributed by atoms with van der Waals surface area (Å²) in [7, 11) is 0. The summed E-state index contributed by atoms with van der Waals surface area (Å²) in [4.78, 5) is 0. The third-order valence-electron chi connectivity index (χ3n) is 3.85. The normalized spacial score (nSPS) is 25.8. The molecular formula is C13H21N2+. The molecule has 0 amide bonds. The van der Waals surface area contributed by atoms with Crippen molar-refractivity contribution in [3.63, 3.8) is 0 Å². The monoisotopic (exact) mass is 205 g/mol. The molecule has 0 bridgehead atoms.